The second-order valence-electron chi connectivity index (χ2n) is 3.92. The molecule has 0 saturated heterocycles. The first kappa shape index (κ1) is 16.4. The molecule has 0 fully saturated rings. The van der Waals surface area contributed by atoms with Crippen LogP contribution in [0.2, 0.25) is 5.02 Å². The van der Waals surface area contributed by atoms with Gasteiger partial charge in [-0.25, -0.2) is 4.79 Å². The molecule has 0 bridgehead atoms. The van der Waals surface area contributed by atoms with E-state index in [2.05, 4.69) is 5.32 Å². The number of hydrogen-bond donors (Lipinski definition) is 3. The first-order valence-corrected chi connectivity index (χ1v) is 7.43. The highest BCUT2D eigenvalue weighted by molar-refractivity contribution is 7.85. The fourth-order valence-electron chi connectivity index (χ4n) is 1.41. The van der Waals surface area contributed by atoms with Crippen LogP contribution in [0.1, 0.15) is 16.8 Å². The van der Waals surface area contributed by atoms with Crippen molar-refractivity contribution < 1.29 is 27.7 Å². The normalized spacial score (nSPS) is 12.7. The number of carbonyl (C=O) groups is 2. The van der Waals surface area contributed by atoms with E-state index in [1.54, 1.807) is 12.1 Å². The number of rotatable bonds is 6. The Morgan fingerprint density at radius 3 is 2.40 bits per heavy atom. The number of nitrogens with one attached hydrogen (secondary N) is 1. The minimum Gasteiger partial charge on any atom is -0.480 e. The number of benzene rings is 1. The van der Waals surface area contributed by atoms with Crippen LogP contribution in [0.4, 0.5) is 0 Å². The lowest BCUT2D eigenvalue weighted by molar-refractivity contribution is -0.139. The number of carboxylic acids is 1. The van der Waals surface area contributed by atoms with Crippen LogP contribution < -0.4 is 5.32 Å². The molecule has 0 aliphatic heterocycles. The van der Waals surface area contributed by atoms with Crippen molar-refractivity contribution in [2.75, 3.05) is 5.75 Å². The van der Waals surface area contributed by atoms with Gasteiger partial charge >= 0.3 is 5.97 Å². The van der Waals surface area contributed by atoms with Crippen LogP contribution in [0.15, 0.2) is 24.3 Å². The predicted molar refractivity (Wildman–Crippen MR) is 71.4 cm³/mol. The maximum Gasteiger partial charge on any atom is 0.326 e. The lowest BCUT2D eigenvalue weighted by Gasteiger charge is -2.14. The van der Waals surface area contributed by atoms with E-state index in [0.717, 1.165) is 0 Å². The summed E-state index contributed by atoms with van der Waals surface area (Å²) >= 11 is 5.79. The van der Waals surface area contributed by atoms with E-state index in [0.29, 0.717) is 0 Å². The summed E-state index contributed by atoms with van der Waals surface area (Å²) in [6, 6.07) is 4.57. The zero-order valence-corrected chi connectivity index (χ0v) is 11.7. The zero-order chi connectivity index (χ0) is 15.3. The van der Waals surface area contributed by atoms with Crippen LogP contribution in [0, 0.1) is 0 Å². The van der Waals surface area contributed by atoms with E-state index in [1.165, 1.54) is 12.1 Å². The summed E-state index contributed by atoms with van der Waals surface area (Å²) in [6.45, 7) is 0. The van der Waals surface area contributed by atoms with Gasteiger partial charge in [0.25, 0.3) is 16.0 Å². The second-order valence-corrected chi connectivity index (χ2v) is 5.90. The van der Waals surface area contributed by atoms with Crippen molar-refractivity contribution in [3.8, 4) is 0 Å². The van der Waals surface area contributed by atoms with Crippen LogP contribution in [-0.2, 0) is 14.9 Å². The highest BCUT2D eigenvalue weighted by Gasteiger charge is 2.23. The third kappa shape index (κ3) is 5.16. The third-order valence-electron chi connectivity index (χ3n) is 2.39. The molecule has 1 aromatic rings. The Labute approximate surface area is 120 Å². The smallest absolute Gasteiger partial charge is 0.326 e. The summed E-state index contributed by atoms with van der Waals surface area (Å²) in [7, 11) is -4.30. The van der Waals surface area contributed by atoms with E-state index in [1.807, 2.05) is 0 Å². The van der Waals surface area contributed by atoms with Gasteiger partial charge in [-0.3, -0.25) is 9.35 Å². The lowest BCUT2D eigenvalue weighted by atomic mass is 10.1. The molecule has 0 radical (unpaired) electrons. The van der Waals surface area contributed by atoms with Crippen LogP contribution in [-0.4, -0.2) is 41.7 Å². The molecule has 0 aromatic heterocycles. The van der Waals surface area contributed by atoms with Gasteiger partial charge in [-0.1, -0.05) is 23.7 Å². The van der Waals surface area contributed by atoms with Crippen molar-refractivity contribution in [1.29, 1.82) is 0 Å². The molecule has 0 saturated carbocycles. The molecule has 0 aliphatic rings. The molecule has 0 spiro atoms. The van der Waals surface area contributed by atoms with E-state index in [-0.39, 0.29) is 10.6 Å². The summed E-state index contributed by atoms with van der Waals surface area (Å²) in [5, 5.41) is 11.2. The molecule has 0 aliphatic carbocycles. The minimum atomic E-state index is -4.30. The number of carbonyl (C=O) groups excluding carboxylic acids is 1. The van der Waals surface area contributed by atoms with Crippen LogP contribution in [0.5, 0.6) is 0 Å². The summed E-state index contributed by atoms with van der Waals surface area (Å²) in [6.07, 6.45) is -0.454. The summed E-state index contributed by atoms with van der Waals surface area (Å²) in [5.41, 5.74) is 0.0762. The number of halogens is 1. The molecule has 7 nitrogen and oxygen atoms in total. The Morgan fingerprint density at radius 2 is 1.90 bits per heavy atom. The first-order chi connectivity index (χ1) is 9.20. The molecule has 0 unspecified atom stereocenters. The average Bonchev–Trinajstić information content (AvgIpc) is 2.33. The monoisotopic (exact) mass is 321 g/mol. The molecule has 0 heterocycles. The second kappa shape index (κ2) is 6.69. The van der Waals surface area contributed by atoms with E-state index >= 15 is 0 Å². The van der Waals surface area contributed by atoms with Crippen molar-refractivity contribution in [3.63, 3.8) is 0 Å². The average molecular weight is 322 g/mol. The van der Waals surface area contributed by atoms with Gasteiger partial charge in [0, 0.05) is 0 Å². The van der Waals surface area contributed by atoms with Gasteiger partial charge in [-0.2, -0.15) is 8.42 Å². The lowest BCUT2D eigenvalue weighted by Crippen LogP contribution is -2.42. The van der Waals surface area contributed by atoms with Gasteiger partial charge < -0.3 is 10.4 Å². The van der Waals surface area contributed by atoms with Crippen molar-refractivity contribution >= 4 is 33.6 Å². The van der Waals surface area contributed by atoms with E-state index in [9.17, 15) is 18.0 Å². The van der Waals surface area contributed by atoms with Gasteiger partial charge in [0.2, 0.25) is 0 Å². The Morgan fingerprint density at radius 1 is 1.30 bits per heavy atom. The fourth-order valence-corrected chi connectivity index (χ4v) is 2.16. The quantitative estimate of drug-likeness (QED) is 0.666. The summed E-state index contributed by atoms with van der Waals surface area (Å²) < 4.78 is 29.8. The van der Waals surface area contributed by atoms with Crippen molar-refractivity contribution in [2.24, 2.45) is 0 Å². The summed E-state index contributed by atoms with van der Waals surface area (Å²) in [5.74, 6) is -2.92. The highest BCUT2D eigenvalue weighted by Crippen LogP contribution is 2.15. The Balaban J connectivity index is 2.79. The van der Waals surface area contributed by atoms with Gasteiger partial charge in [-0.05, 0) is 18.6 Å². The van der Waals surface area contributed by atoms with Crippen LogP contribution in [0.25, 0.3) is 0 Å². The predicted octanol–water partition coefficient (Wildman–Crippen LogP) is 0.801. The molecule has 3 N–H and O–H groups in total. The molecule has 1 aromatic carbocycles. The standard InChI is InChI=1S/C11H12ClNO6S/c12-8-4-2-1-3-7(8)10(14)13-9(11(15)16)5-6-20(17,18)19/h1-4,9H,5-6H2,(H,13,14)(H,15,16)(H,17,18,19)/t9-/m0/s1. The van der Waals surface area contributed by atoms with E-state index in [4.69, 9.17) is 21.3 Å². The maximum absolute atomic E-state index is 11.8. The third-order valence-corrected chi connectivity index (χ3v) is 3.47. The molecule has 9 heteroatoms. The van der Waals surface area contributed by atoms with Crippen LogP contribution >= 0.6 is 11.6 Å². The number of amides is 1. The van der Waals surface area contributed by atoms with Crippen molar-refractivity contribution in [2.45, 2.75) is 12.5 Å². The summed E-state index contributed by atoms with van der Waals surface area (Å²) in [4.78, 5) is 22.8. The van der Waals surface area contributed by atoms with Gasteiger partial charge in [-0.15, -0.1) is 0 Å². The van der Waals surface area contributed by atoms with Gasteiger partial charge in [0.05, 0.1) is 16.3 Å². The number of carboxylic acid groups (broad SMARTS) is 1. The zero-order valence-electron chi connectivity index (χ0n) is 10.1. The van der Waals surface area contributed by atoms with Gasteiger partial charge in [0.1, 0.15) is 6.04 Å². The van der Waals surface area contributed by atoms with Crippen LogP contribution in [0.3, 0.4) is 0 Å². The highest BCUT2D eigenvalue weighted by atomic mass is 35.5. The fraction of sp³-hybridized carbons (Fsp3) is 0.273. The Hall–Kier alpha value is -1.64. The first-order valence-electron chi connectivity index (χ1n) is 5.44. The minimum absolute atomic E-state index is 0.0762. The molecular weight excluding hydrogens is 310 g/mol. The maximum atomic E-state index is 11.8. The Kier molecular flexibility index (Phi) is 5.49. The number of hydrogen-bond acceptors (Lipinski definition) is 4. The molecule has 1 rings (SSSR count). The van der Waals surface area contributed by atoms with E-state index < -0.39 is 40.2 Å². The molecule has 1 amide bonds. The largest absolute Gasteiger partial charge is 0.480 e. The molecular formula is C11H12ClNO6S. The van der Waals surface area contributed by atoms with Crippen molar-refractivity contribution in [3.05, 3.63) is 34.9 Å². The molecule has 1 atom stereocenters. The molecule has 20 heavy (non-hydrogen) atoms. The Bertz CT molecular complexity index is 615. The SMILES string of the molecule is O=C(N[C@@H](CCS(=O)(=O)O)C(=O)O)c1ccccc1Cl. The number of aliphatic carboxylic acids is 1. The topological polar surface area (TPSA) is 121 Å². The van der Waals surface area contributed by atoms with Gasteiger partial charge in [0.15, 0.2) is 0 Å². The van der Waals surface area contributed by atoms with Crippen molar-refractivity contribution in [1.82, 2.24) is 5.32 Å². The molecule has 110 valence electrons.